The number of hydrogen-bond donors (Lipinski definition) is 2. The van der Waals surface area contributed by atoms with Crippen molar-refractivity contribution in [2.24, 2.45) is 0 Å². The van der Waals surface area contributed by atoms with E-state index in [-0.39, 0.29) is 23.8 Å². The fourth-order valence-corrected chi connectivity index (χ4v) is 4.14. The SMILES string of the molecule is CC(C)(CCCNC(=S)NCCCC(C)(C)OC1CCCCO1)OC1CCCCO1. The highest BCUT2D eigenvalue weighted by Crippen LogP contribution is 2.25. The van der Waals surface area contributed by atoms with Crippen LogP contribution in [0.15, 0.2) is 0 Å². The van der Waals surface area contributed by atoms with Gasteiger partial charge in [-0.25, -0.2) is 0 Å². The largest absolute Gasteiger partial charge is 0.363 e. The van der Waals surface area contributed by atoms with Crippen LogP contribution in [0.1, 0.15) is 91.9 Å². The van der Waals surface area contributed by atoms with E-state index in [1.807, 2.05) is 0 Å². The Kier molecular flexibility index (Phi) is 11.3. The lowest BCUT2D eigenvalue weighted by atomic mass is 10.0. The fourth-order valence-electron chi connectivity index (χ4n) is 3.93. The Balaban J connectivity index is 1.49. The van der Waals surface area contributed by atoms with Crippen LogP contribution >= 0.6 is 12.2 Å². The minimum absolute atomic E-state index is 0.0395. The molecular formula is C23H44N2O4S. The third-order valence-corrected chi connectivity index (χ3v) is 5.95. The molecular weight excluding hydrogens is 400 g/mol. The Morgan fingerprint density at radius 1 is 0.800 bits per heavy atom. The van der Waals surface area contributed by atoms with Crippen LogP contribution in [0.5, 0.6) is 0 Å². The summed E-state index contributed by atoms with van der Waals surface area (Å²) < 4.78 is 23.7. The van der Waals surface area contributed by atoms with E-state index in [1.54, 1.807) is 0 Å². The van der Waals surface area contributed by atoms with Crippen molar-refractivity contribution in [3.63, 3.8) is 0 Å². The van der Waals surface area contributed by atoms with Gasteiger partial charge in [-0.3, -0.25) is 0 Å². The molecule has 2 aliphatic rings. The van der Waals surface area contributed by atoms with Crippen molar-refractivity contribution in [1.29, 1.82) is 0 Å². The first-order valence-corrected chi connectivity index (χ1v) is 12.3. The zero-order valence-electron chi connectivity index (χ0n) is 19.6. The molecule has 2 N–H and O–H groups in total. The second-order valence-electron chi connectivity index (χ2n) is 9.74. The van der Waals surface area contributed by atoms with Crippen molar-refractivity contribution in [3.8, 4) is 0 Å². The molecule has 0 amide bonds. The molecule has 2 rings (SSSR count). The molecule has 6 nitrogen and oxygen atoms in total. The summed E-state index contributed by atoms with van der Waals surface area (Å²) in [7, 11) is 0. The van der Waals surface area contributed by atoms with E-state index >= 15 is 0 Å². The third kappa shape index (κ3) is 11.2. The molecule has 30 heavy (non-hydrogen) atoms. The molecule has 2 heterocycles. The number of ether oxygens (including phenoxy) is 4. The van der Waals surface area contributed by atoms with Crippen LogP contribution in [0.3, 0.4) is 0 Å². The van der Waals surface area contributed by atoms with Crippen molar-refractivity contribution in [1.82, 2.24) is 10.6 Å². The van der Waals surface area contributed by atoms with Gasteiger partial charge in [-0.05, 0) is 104 Å². The van der Waals surface area contributed by atoms with Crippen molar-refractivity contribution < 1.29 is 18.9 Å². The average Bonchev–Trinajstić information content (AvgIpc) is 2.69. The van der Waals surface area contributed by atoms with Crippen LogP contribution in [-0.2, 0) is 18.9 Å². The predicted octanol–water partition coefficient (Wildman–Crippen LogP) is 4.65. The summed E-state index contributed by atoms with van der Waals surface area (Å²) >= 11 is 5.40. The molecule has 0 spiro atoms. The van der Waals surface area contributed by atoms with E-state index < -0.39 is 0 Å². The molecule has 2 fully saturated rings. The van der Waals surface area contributed by atoms with Crippen LogP contribution in [0.4, 0.5) is 0 Å². The van der Waals surface area contributed by atoms with Gasteiger partial charge >= 0.3 is 0 Å². The van der Waals surface area contributed by atoms with E-state index in [4.69, 9.17) is 31.2 Å². The summed E-state index contributed by atoms with van der Waals surface area (Å²) in [6.45, 7) is 11.9. The first kappa shape index (κ1) is 25.8. The minimum atomic E-state index is -0.174. The normalized spacial score (nSPS) is 23.2. The predicted molar refractivity (Wildman–Crippen MR) is 125 cm³/mol. The zero-order valence-corrected chi connectivity index (χ0v) is 20.4. The number of nitrogens with one attached hydrogen (secondary N) is 2. The van der Waals surface area contributed by atoms with Gasteiger partial charge < -0.3 is 29.6 Å². The molecule has 176 valence electrons. The van der Waals surface area contributed by atoms with Crippen molar-refractivity contribution in [2.45, 2.75) is 116 Å². The van der Waals surface area contributed by atoms with Gasteiger partial charge in [0, 0.05) is 26.3 Å². The molecule has 7 heteroatoms. The highest BCUT2D eigenvalue weighted by atomic mass is 32.1. The van der Waals surface area contributed by atoms with E-state index in [0.717, 1.165) is 82.8 Å². The second-order valence-corrected chi connectivity index (χ2v) is 10.1. The smallest absolute Gasteiger partial charge is 0.166 e. The highest BCUT2D eigenvalue weighted by Gasteiger charge is 2.26. The van der Waals surface area contributed by atoms with Gasteiger partial charge in [-0.2, -0.15) is 0 Å². The summed E-state index contributed by atoms with van der Waals surface area (Å²) in [5, 5.41) is 7.33. The summed E-state index contributed by atoms with van der Waals surface area (Å²) in [6, 6.07) is 0. The van der Waals surface area contributed by atoms with Gasteiger partial charge in [0.1, 0.15) is 0 Å². The maximum absolute atomic E-state index is 6.13. The molecule has 0 radical (unpaired) electrons. The molecule has 0 aromatic carbocycles. The maximum Gasteiger partial charge on any atom is 0.166 e. The van der Waals surface area contributed by atoms with Crippen LogP contribution < -0.4 is 10.6 Å². The highest BCUT2D eigenvalue weighted by molar-refractivity contribution is 7.80. The summed E-state index contributed by atoms with van der Waals surface area (Å²) in [5.74, 6) is 0. The van der Waals surface area contributed by atoms with Gasteiger partial charge in [0.2, 0.25) is 0 Å². The lowest BCUT2D eigenvalue weighted by Crippen LogP contribution is -2.39. The Labute approximate surface area is 189 Å². The molecule has 0 saturated carbocycles. The Hall–Kier alpha value is -0.470. The summed E-state index contributed by atoms with van der Waals surface area (Å²) in [6.07, 6.45) is 10.6. The quantitative estimate of drug-likeness (QED) is 0.335. The number of hydrogen-bond acceptors (Lipinski definition) is 5. The second kappa shape index (κ2) is 13.2. The Bertz CT molecular complexity index is 448. The Morgan fingerprint density at radius 3 is 1.60 bits per heavy atom. The van der Waals surface area contributed by atoms with E-state index in [2.05, 4.69) is 38.3 Å². The minimum Gasteiger partial charge on any atom is -0.363 e. The number of rotatable bonds is 12. The van der Waals surface area contributed by atoms with Crippen molar-refractivity contribution in [2.75, 3.05) is 26.3 Å². The first-order chi connectivity index (χ1) is 14.3. The first-order valence-electron chi connectivity index (χ1n) is 11.9. The van der Waals surface area contributed by atoms with Crippen LogP contribution in [0.2, 0.25) is 0 Å². The molecule has 0 bridgehead atoms. The van der Waals surface area contributed by atoms with Gasteiger partial charge in [-0.1, -0.05) is 0 Å². The van der Waals surface area contributed by atoms with E-state index in [1.165, 1.54) is 12.8 Å². The molecule has 2 saturated heterocycles. The van der Waals surface area contributed by atoms with Crippen molar-refractivity contribution >= 4 is 17.3 Å². The van der Waals surface area contributed by atoms with Gasteiger partial charge in [0.15, 0.2) is 17.7 Å². The topological polar surface area (TPSA) is 61.0 Å². The summed E-state index contributed by atoms with van der Waals surface area (Å²) in [5.41, 5.74) is -0.348. The Morgan fingerprint density at radius 2 is 1.23 bits per heavy atom. The fraction of sp³-hybridized carbons (Fsp3) is 0.957. The molecule has 0 aromatic rings. The van der Waals surface area contributed by atoms with Crippen LogP contribution in [0, 0.1) is 0 Å². The molecule has 0 aromatic heterocycles. The standard InChI is InChI=1S/C23H44N2O4S/c1-22(2,28-19-11-5-7-17-26-19)13-9-15-24-21(30)25-16-10-14-23(3,4)29-20-12-6-8-18-27-20/h19-20H,5-18H2,1-4H3,(H2,24,25,30). The lowest BCUT2D eigenvalue weighted by Gasteiger charge is -2.33. The van der Waals surface area contributed by atoms with E-state index in [9.17, 15) is 0 Å². The van der Waals surface area contributed by atoms with Gasteiger partial charge in [-0.15, -0.1) is 0 Å². The van der Waals surface area contributed by atoms with Crippen LogP contribution in [-0.4, -0.2) is 55.2 Å². The monoisotopic (exact) mass is 444 g/mol. The third-order valence-electron chi connectivity index (χ3n) is 5.66. The molecule has 0 aliphatic carbocycles. The maximum atomic E-state index is 6.13. The zero-order chi connectivity index (χ0) is 21.9. The van der Waals surface area contributed by atoms with E-state index in [0.29, 0.717) is 0 Å². The molecule has 2 unspecified atom stereocenters. The molecule has 2 atom stereocenters. The van der Waals surface area contributed by atoms with Crippen molar-refractivity contribution in [3.05, 3.63) is 0 Å². The summed E-state index contributed by atoms with van der Waals surface area (Å²) in [4.78, 5) is 0. The average molecular weight is 445 g/mol. The number of thiocarbonyl (C=S) groups is 1. The lowest BCUT2D eigenvalue weighted by molar-refractivity contribution is -0.217. The van der Waals surface area contributed by atoms with Gasteiger partial charge in [0.05, 0.1) is 11.2 Å². The van der Waals surface area contributed by atoms with Gasteiger partial charge in [0.25, 0.3) is 0 Å². The molecule has 2 aliphatic heterocycles. The van der Waals surface area contributed by atoms with Crippen LogP contribution in [0.25, 0.3) is 0 Å².